The number of hydrogen-bond donors (Lipinski definition) is 1. The van der Waals surface area contributed by atoms with Crippen molar-refractivity contribution in [3.63, 3.8) is 0 Å². The van der Waals surface area contributed by atoms with Crippen molar-refractivity contribution in [2.45, 2.75) is 39.2 Å². The third kappa shape index (κ3) is 4.07. The minimum absolute atomic E-state index is 0.164. The van der Waals surface area contributed by atoms with E-state index < -0.39 is 0 Å². The van der Waals surface area contributed by atoms with Crippen LogP contribution in [0.2, 0.25) is 0 Å². The van der Waals surface area contributed by atoms with E-state index >= 15 is 0 Å². The summed E-state index contributed by atoms with van der Waals surface area (Å²) in [5, 5.41) is 3.36. The standard InChI is InChI=1S/C14H21BrFN/c1-4-10(5-2)14(17-3)9-11-8-12(16)6-7-13(11)15/h6-8,10,14,17H,4-5,9H2,1-3H3. The highest BCUT2D eigenvalue weighted by Crippen LogP contribution is 2.23. The highest BCUT2D eigenvalue weighted by Gasteiger charge is 2.18. The Kier molecular flexibility index (Phi) is 6.14. The summed E-state index contributed by atoms with van der Waals surface area (Å²) < 4.78 is 14.2. The summed E-state index contributed by atoms with van der Waals surface area (Å²) in [5.74, 6) is 0.470. The van der Waals surface area contributed by atoms with Crippen molar-refractivity contribution < 1.29 is 4.39 Å². The molecule has 0 aromatic heterocycles. The lowest BCUT2D eigenvalue weighted by Crippen LogP contribution is -2.35. The van der Waals surface area contributed by atoms with Crippen LogP contribution in [-0.2, 0) is 6.42 Å². The number of rotatable bonds is 6. The van der Waals surface area contributed by atoms with Gasteiger partial charge in [0, 0.05) is 10.5 Å². The molecular weight excluding hydrogens is 281 g/mol. The lowest BCUT2D eigenvalue weighted by atomic mass is 9.89. The van der Waals surface area contributed by atoms with Gasteiger partial charge >= 0.3 is 0 Å². The molecule has 0 aliphatic carbocycles. The van der Waals surface area contributed by atoms with E-state index in [0.29, 0.717) is 12.0 Å². The molecule has 0 radical (unpaired) electrons. The zero-order valence-corrected chi connectivity index (χ0v) is 12.3. The molecule has 0 heterocycles. The Morgan fingerprint density at radius 3 is 2.47 bits per heavy atom. The molecule has 1 nitrogen and oxygen atoms in total. The highest BCUT2D eigenvalue weighted by atomic mass is 79.9. The second-order valence-electron chi connectivity index (χ2n) is 4.41. The highest BCUT2D eigenvalue weighted by molar-refractivity contribution is 9.10. The zero-order valence-electron chi connectivity index (χ0n) is 10.8. The number of likely N-dealkylation sites (N-methyl/N-ethyl adjacent to an activating group) is 1. The molecule has 1 rings (SSSR count). The molecule has 0 saturated heterocycles. The van der Waals surface area contributed by atoms with Crippen LogP contribution in [0.3, 0.4) is 0 Å². The van der Waals surface area contributed by atoms with Gasteiger partial charge in [0.05, 0.1) is 0 Å². The van der Waals surface area contributed by atoms with Gasteiger partial charge in [-0.25, -0.2) is 4.39 Å². The molecule has 1 atom stereocenters. The Morgan fingerprint density at radius 1 is 1.29 bits per heavy atom. The summed E-state index contributed by atoms with van der Waals surface area (Å²) in [6.07, 6.45) is 3.16. The summed E-state index contributed by atoms with van der Waals surface area (Å²) in [6, 6.07) is 5.29. The molecule has 96 valence electrons. The van der Waals surface area contributed by atoms with Gasteiger partial charge in [-0.1, -0.05) is 42.6 Å². The first-order valence-electron chi connectivity index (χ1n) is 6.23. The Labute approximate surface area is 112 Å². The van der Waals surface area contributed by atoms with Crippen molar-refractivity contribution in [2.24, 2.45) is 5.92 Å². The molecule has 0 fully saturated rings. The first-order chi connectivity index (χ1) is 8.12. The smallest absolute Gasteiger partial charge is 0.123 e. The monoisotopic (exact) mass is 301 g/mol. The van der Waals surface area contributed by atoms with Crippen LogP contribution in [0, 0.1) is 11.7 Å². The maximum absolute atomic E-state index is 13.2. The minimum Gasteiger partial charge on any atom is -0.316 e. The molecule has 1 unspecified atom stereocenters. The average Bonchev–Trinajstić information content (AvgIpc) is 2.33. The summed E-state index contributed by atoms with van der Waals surface area (Å²) in [5.41, 5.74) is 1.04. The van der Waals surface area contributed by atoms with Crippen LogP contribution in [0.1, 0.15) is 32.3 Å². The normalized spacial score (nSPS) is 13.1. The molecular formula is C14H21BrFN. The minimum atomic E-state index is -0.164. The van der Waals surface area contributed by atoms with Gasteiger partial charge in [-0.15, -0.1) is 0 Å². The van der Waals surface area contributed by atoms with Crippen molar-refractivity contribution in [3.05, 3.63) is 34.1 Å². The summed E-state index contributed by atoms with van der Waals surface area (Å²) in [6.45, 7) is 4.41. The van der Waals surface area contributed by atoms with Gasteiger partial charge in [0.25, 0.3) is 0 Å². The fraction of sp³-hybridized carbons (Fsp3) is 0.571. The van der Waals surface area contributed by atoms with Crippen LogP contribution in [0.25, 0.3) is 0 Å². The topological polar surface area (TPSA) is 12.0 Å². The average molecular weight is 302 g/mol. The lowest BCUT2D eigenvalue weighted by molar-refractivity contribution is 0.348. The molecule has 1 aromatic rings. The maximum Gasteiger partial charge on any atom is 0.123 e. The number of halogens is 2. The van der Waals surface area contributed by atoms with Gasteiger partial charge in [0.2, 0.25) is 0 Å². The van der Waals surface area contributed by atoms with Gasteiger partial charge in [-0.2, -0.15) is 0 Å². The molecule has 0 saturated carbocycles. The van der Waals surface area contributed by atoms with E-state index in [4.69, 9.17) is 0 Å². The predicted molar refractivity (Wildman–Crippen MR) is 74.7 cm³/mol. The zero-order chi connectivity index (χ0) is 12.8. The van der Waals surface area contributed by atoms with Gasteiger partial charge in [-0.3, -0.25) is 0 Å². The first-order valence-corrected chi connectivity index (χ1v) is 7.02. The molecule has 0 bridgehead atoms. The van der Waals surface area contributed by atoms with Crippen molar-refractivity contribution in [2.75, 3.05) is 7.05 Å². The number of nitrogens with one attached hydrogen (secondary N) is 1. The number of benzene rings is 1. The van der Waals surface area contributed by atoms with Gasteiger partial charge in [0.15, 0.2) is 0 Å². The van der Waals surface area contributed by atoms with Crippen LogP contribution in [0.4, 0.5) is 4.39 Å². The molecule has 0 aliphatic rings. The van der Waals surface area contributed by atoms with Crippen molar-refractivity contribution in [3.8, 4) is 0 Å². The van der Waals surface area contributed by atoms with E-state index in [-0.39, 0.29) is 5.82 Å². The van der Waals surface area contributed by atoms with Crippen LogP contribution in [-0.4, -0.2) is 13.1 Å². The molecule has 17 heavy (non-hydrogen) atoms. The molecule has 1 N–H and O–H groups in total. The SMILES string of the molecule is CCC(CC)C(Cc1cc(F)ccc1Br)NC. The quantitative estimate of drug-likeness (QED) is 0.832. The second-order valence-corrected chi connectivity index (χ2v) is 5.27. The molecule has 0 spiro atoms. The van der Waals surface area contributed by atoms with E-state index in [2.05, 4.69) is 35.1 Å². The van der Waals surface area contributed by atoms with Crippen LogP contribution in [0.15, 0.2) is 22.7 Å². The Morgan fingerprint density at radius 2 is 1.94 bits per heavy atom. The lowest BCUT2D eigenvalue weighted by Gasteiger charge is -2.25. The van der Waals surface area contributed by atoms with Crippen LogP contribution in [0.5, 0.6) is 0 Å². The van der Waals surface area contributed by atoms with Gasteiger partial charge in [0.1, 0.15) is 5.82 Å². The van der Waals surface area contributed by atoms with Gasteiger partial charge in [-0.05, 0) is 43.1 Å². The van der Waals surface area contributed by atoms with Crippen molar-refractivity contribution >= 4 is 15.9 Å². The second kappa shape index (κ2) is 7.12. The van der Waals surface area contributed by atoms with Crippen LogP contribution >= 0.6 is 15.9 Å². The van der Waals surface area contributed by atoms with E-state index in [1.54, 1.807) is 12.1 Å². The van der Waals surface area contributed by atoms with E-state index in [0.717, 1.165) is 29.3 Å². The molecule has 1 aromatic carbocycles. The molecule has 3 heteroatoms. The fourth-order valence-electron chi connectivity index (χ4n) is 2.30. The number of hydrogen-bond acceptors (Lipinski definition) is 1. The third-order valence-electron chi connectivity index (χ3n) is 3.44. The predicted octanol–water partition coefficient (Wildman–Crippen LogP) is 4.15. The Balaban J connectivity index is 2.83. The summed E-state index contributed by atoms with van der Waals surface area (Å²) >= 11 is 3.49. The van der Waals surface area contributed by atoms with Crippen LogP contribution < -0.4 is 5.32 Å². The summed E-state index contributed by atoms with van der Waals surface area (Å²) in [7, 11) is 1.98. The Bertz CT molecular complexity index is 350. The molecule has 0 amide bonds. The largest absolute Gasteiger partial charge is 0.316 e. The maximum atomic E-state index is 13.2. The summed E-state index contributed by atoms with van der Waals surface area (Å²) in [4.78, 5) is 0. The third-order valence-corrected chi connectivity index (χ3v) is 4.21. The van der Waals surface area contributed by atoms with E-state index in [1.165, 1.54) is 6.07 Å². The van der Waals surface area contributed by atoms with Gasteiger partial charge < -0.3 is 5.32 Å². The Hall–Kier alpha value is -0.410. The van der Waals surface area contributed by atoms with E-state index in [9.17, 15) is 4.39 Å². The van der Waals surface area contributed by atoms with Crippen molar-refractivity contribution in [1.29, 1.82) is 0 Å². The fourth-order valence-corrected chi connectivity index (χ4v) is 2.71. The van der Waals surface area contributed by atoms with E-state index in [1.807, 2.05) is 7.05 Å². The van der Waals surface area contributed by atoms with Crippen molar-refractivity contribution in [1.82, 2.24) is 5.32 Å². The molecule has 0 aliphatic heterocycles. The first kappa shape index (κ1) is 14.7.